The predicted octanol–water partition coefficient (Wildman–Crippen LogP) is 9.27. The summed E-state index contributed by atoms with van der Waals surface area (Å²) in [6, 6.07) is 42.0. The van der Waals surface area contributed by atoms with Crippen molar-refractivity contribution < 1.29 is 9.47 Å². The van der Waals surface area contributed by atoms with Gasteiger partial charge in [0.25, 0.3) is 0 Å². The molecule has 0 N–H and O–H groups in total. The highest BCUT2D eigenvalue weighted by Crippen LogP contribution is 2.44. The first kappa shape index (κ1) is 23.7. The molecule has 0 aliphatic heterocycles. The minimum absolute atomic E-state index is 0.669. The van der Waals surface area contributed by atoms with Crippen LogP contribution in [0, 0.1) is 0 Å². The first-order chi connectivity index (χ1) is 17.7. The van der Waals surface area contributed by atoms with Gasteiger partial charge < -0.3 is 14.4 Å². The van der Waals surface area contributed by atoms with Crippen LogP contribution in [0.2, 0.25) is 0 Å². The van der Waals surface area contributed by atoms with Gasteiger partial charge in [-0.2, -0.15) is 0 Å². The van der Waals surface area contributed by atoms with E-state index >= 15 is 0 Å². The van der Waals surface area contributed by atoms with E-state index in [4.69, 9.17) is 9.47 Å². The van der Waals surface area contributed by atoms with Gasteiger partial charge in [-0.15, -0.1) is 0 Å². The maximum absolute atomic E-state index is 5.64. The van der Waals surface area contributed by atoms with Gasteiger partial charge in [-0.25, -0.2) is 0 Å². The summed E-state index contributed by atoms with van der Waals surface area (Å²) >= 11 is 3.77. The highest BCUT2D eigenvalue weighted by Gasteiger charge is 2.19. The summed E-state index contributed by atoms with van der Waals surface area (Å²) in [7, 11) is 3.30. The maximum atomic E-state index is 5.64. The number of rotatable bonds is 7. The molecule has 3 nitrogen and oxygen atoms in total. The molecule has 36 heavy (non-hydrogen) atoms. The molecule has 0 heterocycles. The summed E-state index contributed by atoms with van der Waals surface area (Å²) in [5.74, 6) is 1.34. The fourth-order valence-electron chi connectivity index (χ4n) is 4.31. The SMILES string of the molecule is COc1cc(Br)c(N(c2ccc(-c3ccccc3)cc2)c2ccc(-c3ccccc3)cc2)cc1OC. The molecule has 4 heteroatoms. The second kappa shape index (κ2) is 10.7. The van der Waals surface area contributed by atoms with Crippen LogP contribution in [0.25, 0.3) is 22.3 Å². The number of anilines is 3. The van der Waals surface area contributed by atoms with E-state index in [1.807, 2.05) is 24.3 Å². The van der Waals surface area contributed by atoms with Crippen molar-refractivity contribution in [3.8, 4) is 33.8 Å². The van der Waals surface area contributed by atoms with Crippen molar-refractivity contribution in [2.24, 2.45) is 0 Å². The molecule has 0 aliphatic rings. The van der Waals surface area contributed by atoms with Gasteiger partial charge in [0.05, 0.1) is 19.9 Å². The quantitative estimate of drug-likeness (QED) is 0.207. The number of methoxy groups -OCH3 is 2. The maximum Gasteiger partial charge on any atom is 0.162 e. The number of hydrogen-bond acceptors (Lipinski definition) is 3. The van der Waals surface area contributed by atoms with Gasteiger partial charge in [0, 0.05) is 28.0 Å². The highest BCUT2D eigenvalue weighted by molar-refractivity contribution is 9.10. The van der Waals surface area contributed by atoms with Crippen LogP contribution in [0.15, 0.2) is 126 Å². The van der Waals surface area contributed by atoms with Crippen LogP contribution in [0.3, 0.4) is 0 Å². The van der Waals surface area contributed by atoms with Crippen molar-refractivity contribution >= 4 is 33.0 Å². The van der Waals surface area contributed by atoms with Crippen LogP contribution in [0.1, 0.15) is 0 Å². The van der Waals surface area contributed by atoms with E-state index in [0.717, 1.165) is 21.5 Å². The lowest BCUT2D eigenvalue weighted by atomic mass is 10.0. The van der Waals surface area contributed by atoms with Gasteiger partial charge in [0.1, 0.15) is 0 Å². The number of ether oxygens (including phenoxy) is 2. The van der Waals surface area contributed by atoms with Gasteiger partial charge in [-0.1, -0.05) is 84.9 Å². The molecule has 0 radical (unpaired) electrons. The van der Waals surface area contributed by atoms with E-state index in [1.165, 1.54) is 22.3 Å². The van der Waals surface area contributed by atoms with E-state index in [1.54, 1.807) is 14.2 Å². The topological polar surface area (TPSA) is 21.7 Å². The molecular weight excluding hydrogens is 510 g/mol. The third kappa shape index (κ3) is 4.86. The number of halogens is 1. The Morgan fingerprint density at radius 1 is 0.500 bits per heavy atom. The Balaban J connectivity index is 1.61. The van der Waals surface area contributed by atoms with Crippen LogP contribution in [0.5, 0.6) is 11.5 Å². The molecule has 0 aromatic heterocycles. The fraction of sp³-hybridized carbons (Fsp3) is 0.0625. The van der Waals surface area contributed by atoms with Crippen molar-refractivity contribution in [2.45, 2.75) is 0 Å². The summed E-state index contributed by atoms with van der Waals surface area (Å²) < 4.78 is 12.1. The minimum atomic E-state index is 0.669. The van der Waals surface area contributed by atoms with Gasteiger partial charge in [0.15, 0.2) is 11.5 Å². The van der Waals surface area contributed by atoms with Crippen LogP contribution < -0.4 is 14.4 Å². The molecule has 0 aliphatic carbocycles. The Morgan fingerprint density at radius 3 is 1.31 bits per heavy atom. The summed E-state index contributed by atoms with van der Waals surface area (Å²) in [6.07, 6.45) is 0. The molecule has 0 saturated carbocycles. The lowest BCUT2D eigenvalue weighted by molar-refractivity contribution is 0.355. The monoisotopic (exact) mass is 535 g/mol. The second-order valence-electron chi connectivity index (χ2n) is 8.32. The molecule has 0 atom stereocenters. The normalized spacial score (nSPS) is 10.6. The molecule has 178 valence electrons. The molecule has 5 aromatic carbocycles. The number of hydrogen-bond donors (Lipinski definition) is 0. The Labute approximate surface area is 220 Å². The molecule has 0 amide bonds. The van der Waals surface area contributed by atoms with Crippen LogP contribution >= 0.6 is 15.9 Å². The Bertz CT molecular complexity index is 1350. The van der Waals surface area contributed by atoms with E-state index < -0.39 is 0 Å². The largest absolute Gasteiger partial charge is 0.493 e. The third-order valence-electron chi connectivity index (χ3n) is 6.16. The van der Waals surface area contributed by atoms with Crippen molar-refractivity contribution in [2.75, 3.05) is 19.1 Å². The summed E-state index contributed by atoms with van der Waals surface area (Å²) in [4.78, 5) is 2.22. The first-order valence-electron chi connectivity index (χ1n) is 11.7. The zero-order valence-electron chi connectivity index (χ0n) is 20.2. The minimum Gasteiger partial charge on any atom is -0.493 e. The molecule has 0 saturated heterocycles. The Morgan fingerprint density at radius 2 is 0.889 bits per heavy atom. The molecule has 0 spiro atoms. The van der Waals surface area contributed by atoms with Gasteiger partial charge in [-0.05, 0) is 62.4 Å². The molecule has 0 bridgehead atoms. The average molecular weight is 536 g/mol. The van der Waals surface area contributed by atoms with Crippen molar-refractivity contribution in [3.63, 3.8) is 0 Å². The van der Waals surface area contributed by atoms with Crippen molar-refractivity contribution in [1.82, 2.24) is 0 Å². The van der Waals surface area contributed by atoms with Crippen molar-refractivity contribution in [1.29, 1.82) is 0 Å². The zero-order valence-corrected chi connectivity index (χ0v) is 21.8. The standard InChI is InChI=1S/C32H26BrNO2/c1-35-31-21-29(33)30(22-32(31)36-2)34(27-17-13-25(14-18-27)23-9-5-3-6-10-23)28-19-15-26(16-20-28)24-11-7-4-8-12-24/h3-22H,1-2H3. The van der Waals surface area contributed by atoms with Crippen LogP contribution in [-0.4, -0.2) is 14.2 Å². The molecule has 0 fully saturated rings. The lowest BCUT2D eigenvalue weighted by Gasteiger charge is -2.28. The lowest BCUT2D eigenvalue weighted by Crippen LogP contribution is -2.11. The smallest absolute Gasteiger partial charge is 0.162 e. The van der Waals surface area contributed by atoms with Crippen molar-refractivity contribution in [3.05, 3.63) is 126 Å². The molecular formula is C32H26BrNO2. The van der Waals surface area contributed by atoms with Crippen LogP contribution in [0.4, 0.5) is 17.1 Å². The van der Waals surface area contributed by atoms with E-state index in [2.05, 4.69) is 118 Å². The molecule has 5 rings (SSSR count). The van der Waals surface area contributed by atoms with E-state index in [-0.39, 0.29) is 0 Å². The fourth-order valence-corrected chi connectivity index (χ4v) is 4.81. The average Bonchev–Trinajstić information content (AvgIpc) is 2.95. The van der Waals surface area contributed by atoms with Gasteiger partial charge in [-0.3, -0.25) is 0 Å². The first-order valence-corrected chi connectivity index (χ1v) is 12.5. The van der Waals surface area contributed by atoms with E-state index in [9.17, 15) is 0 Å². The Hall–Kier alpha value is -4.02. The summed E-state index contributed by atoms with van der Waals surface area (Å²) in [5, 5.41) is 0. The Kier molecular flexibility index (Phi) is 7.06. The predicted molar refractivity (Wildman–Crippen MR) is 153 cm³/mol. The van der Waals surface area contributed by atoms with Crippen LogP contribution in [-0.2, 0) is 0 Å². The zero-order chi connectivity index (χ0) is 24.9. The molecule has 0 unspecified atom stereocenters. The summed E-state index contributed by atoms with van der Waals surface area (Å²) in [5.41, 5.74) is 7.75. The third-order valence-corrected chi connectivity index (χ3v) is 6.79. The van der Waals surface area contributed by atoms with E-state index in [0.29, 0.717) is 11.5 Å². The second-order valence-corrected chi connectivity index (χ2v) is 9.17. The van der Waals surface area contributed by atoms with Gasteiger partial charge >= 0.3 is 0 Å². The number of nitrogens with zero attached hydrogens (tertiary/aromatic N) is 1. The highest BCUT2D eigenvalue weighted by atomic mass is 79.9. The summed E-state index contributed by atoms with van der Waals surface area (Å²) in [6.45, 7) is 0. The molecule has 5 aromatic rings. The number of benzene rings is 5. The van der Waals surface area contributed by atoms with Gasteiger partial charge in [0.2, 0.25) is 0 Å².